The van der Waals surface area contributed by atoms with Gasteiger partial charge in [-0.1, -0.05) is 6.42 Å². The van der Waals surface area contributed by atoms with Crippen LogP contribution in [0.15, 0.2) is 6.33 Å². The fourth-order valence-corrected chi connectivity index (χ4v) is 2.87. The van der Waals surface area contributed by atoms with Crippen LogP contribution in [-0.2, 0) is 11.3 Å². The van der Waals surface area contributed by atoms with Crippen molar-refractivity contribution in [1.82, 2.24) is 20.1 Å². The number of aromatic nitrogens is 3. The van der Waals surface area contributed by atoms with Crippen molar-refractivity contribution in [3.05, 3.63) is 12.2 Å². The number of amides is 1. The molecule has 5 nitrogen and oxygen atoms in total. The zero-order valence-electron chi connectivity index (χ0n) is 12.7. The topological polar surface area (TPSA) is 59.8 Å². The zero-order chi connectivity index (χ0) is 16.3. The number of hydrogen-bond donors (Lipinski definition) is 1. The molecule has 0 saturated heterocycles. The molecule has 0 radical (unpaired) electrons. The Morgan fingerprint density at radius 2 is 2.18 bits per heavy atom. The molecule has 1 amide bonds. The Balaban J connectivity index is 1.91. The lowest BCUT2D eigenvalue weighted by Gasteiger charge is -2.29. The number of alkyl halides is 3. The monoisotopic (exact) mass is 318 g/mol. The first-order valence-corrected chi connectivity index (χ1v) is 7.52. The number of carbonyl (C=O) groups is 1. The van der Waals surface area contributed by atoms with Crippen LogP contribution in [0.3, 0.4) is 0 Å². The van der Waals surface area contributed by atoms with Crippen molar-refractivity contribution in [3.8, 4) is 0 Å². The van der Waals surface area contributed by atoms with E-state index in [2.05, 4.69) is 15.4 Å². The van der Waals surface area contributed by atoms with Crippen LogP contribution in [0, 0.1) is 11.8 Å². The van der Waals surface area contributed by atoms with Crippen LogP contribution in [0.1, 0.15) is 51.4 Å². The molecule has 2 unspecified atom stereocenters. The summed E-state index contributed by atoms with van der Waals surface area (Å²) in [5.41, 5.74) is 0. The van der Waals surface area contributed by atoms with E-state index in [4.69, 9.17) is 0 Å². The summed E-state index contributed by atoms with van der Waals surface area (Å²) in [6.07, 6.45) is -1.86. The molecule has 0 bridgehead atoms. The Hall–Kier alpha value is -1.60. The van der Waals surface area contributed by atoms with Crippen molar-refractivity contribution in [2.24, 2.45) is 11.8 Å². The molecule has 1 aliphatic carbocycles. The second-order valence-corrected chi connectivity index (χ2v) is 6.03. The summed E-state index contributed by atoms with van der Waals surface area (Å²) < 4.78 is 40.0. The molecule has 0 spiro atoms. The molecule has 0 aromatic carbocycles. The summed E-state index contributed by atoms with van der Waals surface area (Å²) >= 11 is 0. The Labute approximate surface area is 127 Å². The van der Waals surface area contributed by atoms with Crippen LogP contribution < -0.4 is 5.32 Å². The number of nitrogens with one attached hydrogen (secondary N) is 1. The quantitative estimate of drug-likeness (QED) is 0.928. The van der Waals surface area contributed by atoms with Crippen molar-refractivity contribution < 1.29 is 18.0 Å². The molecule has 22 heavy (non-hydrogen) atoms. The van der Waals surface area contributed by atoms with Crippen molar-refractivity contribution in [2.75, 3.05) is 0 Å². The summed E-state index contributed by atoms with van der Waals surface area (Å²) in [7, 11) is 0. The standard InChI is InChI=1S/C14H21F3N4O/c1-9(2)21-12(19-8-20-21)7-18-13(22)10-4-3-5-11(6-10)14(15,16)17/h8-11H,3-7H2,1-2H3,(H,18,22). The van der Waals surface area contributed by atoms with E-state index in [-0.39, 0.29) is 31.3 Å². The van der Waals surface area contributed by atoms with Crippen LogP contribution in [0.5, 0.6) is 0 Å². The minimum atomic E-state index is -4.21. The van der Waals surface area contributed by atoms with E-state index in [1.54, 1.807) is 4.68 Å². The van der Waals surface area contributed by atoms with Crippen LogP contribution >= 0.6 is 0 Å². The van der Waals surface area contributed by atoms with Gasteiger partial charge >= 0.3 is 6.18 Å². The van der Waals surface area contributed by atoms with Gasteiger partial charge in [-0.05, 0) is 33.1 Å². The molecule has 2 rings (SSSR count). The highest BCUT2D eigenvalue weighted by Crippen LogP contribution is 2.39. The summed E-state index contributed by atoms with van der Waals surface area (Å²) in [4.78, 5) is 16.2. The SMILES string of the molecule is CC(C)n1ncnc1CNC(=O)C1CCCC(C(F)(F)F)C1. The molecule has 1 aromatic heterocycles. The Kier molecular flexibility index (Phi) is 5.08. The van der Waals surface area contributed by atoms with Crippen LogP contribution in [-0.4, -0.2) is 26.8 Å². The summed E-state index contributed by atoms with van der Waals surface area (Å²) in [6.45, 7) is 4.06. The predicted octanol–water partition coefficient (Wildman–Crippen LogP) is 2.84. The zero-order valence-corrected chi connectivity index (χ0v) is 12.7. The van der Waals surface area contributed by atoms with Gasteiger partial charge in [0.2, 0.25) is 5.91 Å². The molecular formula is C14H21F3N4O. The molecule has 1 N–H and O–H groups in total. The predicted molar refractivity (Wildman–Crippen MR) is 73.8 cm³/mol. The third-order valence-corrected chi connectivity index (χ3v) is 4.07. The molecule has 1 fully saturated rings. The highest BCUT2D eigenvalue weighted by atomic mass is 19.4. The highest BCUT2D eigenvalue weighted by molar-refractivity contribution is 5.78. The summed E-state index contributed by atoms with van der Waals surface area (Å²) in [5.74, 6) is -1.66. The van der Waals surface area contributed by atoms with Gasteiger partial charge < -0.3 is 5.32 Å². The van der Waals surface area contributed by atoms with Crippen LogP contribution in [0.4, 0.5) is 13.2 Å². The van der Waals surface area contributed by atoms with E-state index >= 15 is 0 Å². The van der Waals surface area contributed by atoms with E-state index in [9.17, 15) is 18.0 Å². The van der Waals surface area contributed by atoms with Gasteiger partial charge in [-0.15, -0.1) is 0 Å². The molecule has 2 atom stereocenters. The third kappa shape index (κ3) is 3.98. The minimum absolute atomic E-state index is 0.110. The fourth-order valence-electron chi connectivity index (χ4n) is 2.87. The summed E-state index contributed by atoms with van der Waals surface area (Å²) in [5, 5.41) is 6.75. The maximum atomic E-state index is 12.8. The van der Waals surface area contributed by atoms with Crippen molar-refractivity contribution in [3.63, 3.8) is 0 Å². The fraction of sp³-hybridized carbons (Fsp3) is 0.786. The van der Waals surface area contributed by atoms with E-state index in [0.29, 0.717) is 18.7 Å². The van der Waals surface area contributed by atoms with Gasteiger partial charge in [0.15, 0.2) is 0 Å². The molecule has 8 heteroatoms. The highest BCUT2D eigenvalue weighted by Gasteiger charge is 2.43. The first-order valence-electron chi connectivity index (χ1n) is 7.52. The van der Waals surface area contributed by atoms with Gasteiger partial charge in [-0.3, -0.25) is 4.79 Å². The molecule has 0 aliphatic heterocycles. The number of rotatable bonds is 4. The Bertz CT molecular complexity index is 512. The molecular weight excluding hydrogens is 297 g/mol. The lowest BCUT2D eigenvalue weighted by Crippen LogP contribution is -2.37. The molecule has 1 heterocycles. The largest absolute Gasteiger partial charge is 0.391 e. The normalized spacial score (nSPS) is 22.8. The first kappa shape index (κ1) is 16.8. The Morgan fingerprint density at radius 1 is 1.45 bits per heavy atom. The molecule has 1 saturated carbocycles. The van der Waals surface area contributed by atoms with Crippen molar-refractivity contribution in [1.29, 1.82) is 0 Å². The number of halogens is 3. The van der Waals surface area contributed by atoms with Crippen LogP contribution in [0.25, 0.3) is 0 Å². The van der Waals surface area contributed by atoms with Gasteiger partial charge in [0.25, 0.3) is 0 Å². The maximum Gasteiger partial charge on any atom is 0.391 e. The van der Waals surface area contributed by atoms with Gasteiger partial charge in [-0.2, -0.15) is 18.3 Å². The second-order valence-electron chi connectivity index (χ2n) is 6.03. The number of carbonyl (C=O) groups excluding carboxylic acids is 1. The van der Waals surface area contributed by atoms with Gasteiger partial charge in [0.1, 0.15) is 12.2 Å². The third-order valence-electron chi connectivity index (χ3n) is 4.07. The summed E-state index contributed by atoms with van der Waals surface area (Å²) in [6, 6.07) is 0.110. The minimum Gasteiger partial charge on any atom is -0.349 e. The average molecular weight is 318 g/mol. The lowest BCUT2D eigenvalue weighted by molar-refractivity contribution is -0.186. The van der Waals surface area contributed by atoms with Gasteiger partial charge in [-0.25, -0.2) is 9.67 Å². The van der Waals surface area contributed by atoms with E-state index < -0.39 is 18.0 Å². The Morgan fingerprint density at radius 3 is 2.82 bits per heavy atom. The van der Waals surface area contributed by atoms with Crippen molar-refractivity contribution >= 4 is 5.91 Å². The molecule has 1 aliphatic rings. The second kappa shape index (κ2) is 6.66. The molecule has 124 valence electrons. The number of nitrogens with zero attached hydrogens (tertiary/aromatic N) is 3. The van der Waals surface area contributed by atoms with E-state index in [1.165, 1.54) is 6.33 Å². The smallest absolute Gasteiger partial charge is 0.349 e. The lowest BCUT2D eigenvalue weighted by atomic mass is 9.80. The maximum absolute atomic E-state index is 12.8. The van der Waals surface area contributed by atoms with Crippen molar-refractivity contribution in [2.45, 2.75) is 58.3 Å². The average Bonchev–Trinajstić information content (AvgIpc) is 2.92. The first-order chi connectivity index (χ1) is 10.3. The van der Waals surface area contributed by atoms with E-state index in [1.807, 2.05) is 13.8 Å². The van der Waals surface area contributed by atoms with Crippen LogP contribution in [0.2, 0.25) is 0 Å². The number of hydrogen-bond acceptors (Lipinski definition) is 3. The van der Waals surface area contributed by atoms with Gasteiger partial charge in [0.05, 0.1) is 12.5 Å². The molecule has 1 aromatic rings. The van der Waals surface area contributed by atoms with E-state index in [0.717, 1.165) is 0 Å². The van der Waals surface area contributed by atoms with Gasteiger partial charge in [0, 0.05) is 12.0 Å².